The normalized spacial score (nSPS) is 23.8. The van der Waals surface area contributed by atoms with Gasteiger partial charge >= 0.3 is 0 Å². The molecule has 2 amide bonds. The second-order valence-electron chi connectivity index (χ2n) is 9.41. The summed E-state index contributed by atoms with van der Waals surface area (Å²) < 4.78 is 2.35. The number of rotatable bonds is 7. The van der Waals surface area contributed by atoms with Crippen LogP contribution in [-0.2, 0) is 16.0 Å². The molecule has 2 aliphatic heterocycles. The summed E-state index contributed by atoms with van der Waals surface area (Å²) in [4.78, 5) is 33.8. The van der Waals surface area contributed by atoms with E-state index in [4.69, 9.17) is 0 Å². The van der Waals surface area contributed by atoms with Crippen LogP contribution in [0.2, 0.25) is 0 Å². The van der Waals surface area contributed by atoms with Crippen molar-refractivity contribution >= 4 is 11.8 Å². The summed E-state index contributed by atoms with van der Waals surface area (Å²) in [6.45, 7) is 7.46. The van der Waals surface area contributed by atoms with Gasteiger partial charge in [-0.05, 0) is 43.9 Å². The minimum atomic E-state index is -0.141. The number of amides is 2. The van der Waals surface area contributed by atoms with Gasteiger partial charge in [0.1, 0.15) is 5.82 Å². The average Bonchev–Trinajstić information content (AvgIpc) is 3.44. The van der Waals surface area contributed by atoms with Gasteiger partial charge in [0.25, 0.3) is 0 Å². The van der Waals surface area contributed by atoms with Gasteiger partial charge in [-0.2, -0.15) is 0 Å². The highest BCUT2D eigenvalue weighted by Gasteiger charge is 2.32. The van der Waals surface area contributed by atoms with Crippen LogP contribution in [-0.4, -0.2) is 69.9 Å². The van der Waals surface area contributed by atoms with Crippen LogP contribution in [0.1, 0.15) is 57.8 Å². The Kier molecular flexibility index (Phi) is 6.23. The molecule has 1 aromatic rings. The number of aromatic nitrogens is 2. The first-order chi connectivity index (χ1) is 14.0. The fourth-order valence-electron chi connectivity index (χ4n) is 4.70. The second kappa shape index (κ2) is 8.86. The predicted molar refractivity (Wildman–Crippen MR) is 111 cm³/mol. The molecular formula is C22H35N5O2. The quantitative estimate of drug-likeness (QED) is 0.757. The zero-order valence-electron chi connectivity index (χ0n) is 17.8. The SMILES string of the molecule is CC(C)CC1NCCN(CC(=O)N2CCC(Cc3nccn3C3CC3)CC2)C1=O. The van der Waals surface area contributed by atoms with Crippen LogP contribution >= 0.6 is 0 Å². The van der Waals surface area contributed by atoms with Gasteiger partial charge in [-0.1, -0.05) is 13.8 Å². The summed E-state index contributed by atoms with van der Waals surface area (Å²) in [5, 5.41) is 3.30. The van der Waals surface area contributed by atoms with Gasteiger partial charge in [0.15, 0.2) is 0 Å². The lowest BCUT2D eigenvalue weighted by molar-refractivity contribution is -0.144. The van der Waals surface area contributed by atoms with E-state index in [-0.39, 0.29) is 24.4 Å². The summed E-state index contributed by atoms with van der Waals surface area (Å²) in [7, 11) is 0. The van der Waals surface area contributed by atoms with E-state index >= 15 is 0 Å². The standard InChI is InChI=1S/C22H35N5O2/c1-16(2)13-19-22(29)26(11-7-23-19)15-21(28)25-9-5-17(6-10-25)14-20-24-8-12-27(20)18-3-4-18/h8,12,16-19,23H,3-7,9-11,13-15H2,1-2H3. The topological polar surface area (TPSA) is 70.5 Å². The van der Waals surface area contributed by atoms with E-state index in [2.05, 4.69) is 34.9 Å². The van der Waals surface area contributed by atoms with Gasteiger partial charge in [0.2, 0.25) is 11.8 Å². The van der Waals surface area contributed by atoms with E-state index in [0.29, 0.717) is 24.4 Å². The average molecular weight is 402 g/mol. The lowest BCUT2D eigenvalue weighted by Crippen LogP contribution is -2.57. The first-order valence-electron chi connectivity index (χ1n) is 11.3. The Morgan fingerprint density at radius 1 is 1.21 bits per heavy atom. The van der Waals surface area contributed by atoms with Crippen LogP contribution < -0.4 is 5.32 Å². The number of nitrogens with one attached hydrogen (secondary N) is 1. The molecule has 3 aliphatic rings. The summed E-state index contributed by atoms with van der Waals surface area (Å²) in [5.74, 6) is 2.44. The van der Waals surface area contributed by atoms with Gasteiger partial charge in [-0.3, -0.25) is 9.59 Å². The first-order valence-corrected chi connectivity index (χ1v) is 11.3. The van der Waals surface area contributed by atoms with Crippen molar-refractivity contribution in [2.45, 2.75) is 64.5 Å². The van der Waals surface area contributed by atoms with E-state index in [1.807, 2.05) is 11.1 Å². The molecule has 29 heavy (non-hydrogen) atoms. The van der Waals surface area contributed by atoms with Gasteiger partial charge < -0.3 is 19.7 Å². The van der Waals surface area contributed by atoms with Crippen LogP contribution in [0.15, 0.2) is 12.4 Å². The molecule has 1 aromatic heterocycles. The maximum absolute atomic E-state index is 12.8. The molecule has 1 atom stereocenters. The molecule has 1 N–H and O–H groups in total. The summed E-state index contributed by atoms with van der Waals surface area (Å²) in [6, 6.07) is 0.530. The third-order valence-corrected chi connectivity index (χ3v) is 6.54. The monoisotopic (exact) mass is 401 g/mol. The lowest BCUT2D eigenvalue weighted by Gasteiger charge is -2.36. The molecule has 0 bridgehead atoms. The molecule has 160 valence electrons. The zero-order valence-corrected chi connectivity index (χ0v) is 17.8. The highest BCUT2D eigenvalue weighted by molar-refractivity contribution is 5.88. The van der Waals surface area contributed by atoms with Gasteiger partial charge in [-0.15, -0.1) is 0 Å². The van der Waals surface area contributed by atoms with Crippen molar-refractivity contribution in [3.63, 3.8) is 0 Å². The maximum atomic E-state index is 12.8. The fourth-order valence-corrected chi connectivity index (χ4v) is 4.70. The molecule has 3 fully saturated rings. The van der Waals surface area contributed by atoms with Crippen molar-refractivity contribution in [2.75, 3.05) is 32.7 Å². The summed E-state index contributed by atoms with van der Waals surface area (Å²) in [6.07, 6.45) is 10.5. The Bertz CT molecular complexity index is 719. The Balaban J connectivity index is 1.24. The predicted octanol–water partition coefficient (Wildman–Crippen LogP) is 1.85. The molecule has 1 saturated carbocycles. The van der Waals surface area contributed by atoms with Gasteiger partial charge in [0.05, 0.1) is 12.6 Å². The van der Waals surface area contributed by atoms with Gasteiger partial charge in [0, 0.05) is 51.0 Å². The number of likely N-dealkylation sites (tertiary alicyclic amines) is 1. The molecule has 0 spiro atoms. The maximum Gasteiger partial charge on any atom is 0.242 e. The highest BCUT2D eigenvalue weighted by Crippen LogP contribution is 2.36. The van der Waals surface area contributed by atoms with Crippen LogP contribution in [0.25, 0.3) is 0 Å². The Hall–Kier alpha value is -1.89. The number of carbonyl (C=O) groups is 2. The molecular weight excluding hydrogens is 366 g/mol. The van der Waals surface area contributed by atoms with Crippen LogP contribution in [0.4, 0.5) is 0 Å². The smallest absolute Gasteiger partial charge is 0.242 e. The molecule has 1 aliphatic carbocycles. The molecule has 7 heteroatoms. The van der Waals surface area contributed by atoms with Crippen molar-refractivity contribution in [3.8, 4) is 0 Å². The Morgan fingerprint density at radius 2 is 1.97 bits per heavy atom. The van der Waals surface area contributed by atoms with Crippen molar-refractivity contribution < 1.29 is 9.59 Å². The third kappa shape index (κ3) is 5.00. The molecule has 3 heterocycles. The second-order valence-corrected chi connectivity index (χ2v) is 9.41. The summed E-state index contributed by atoms with van der Waals surface area (Å²) in [5.41, 5.74) is 0. The number of piperidine rings is 1. The number of imidazole rings is 1. The summed E-state index contributed by atoms with van der Waals surface area (Å²) >= 11 is 0. The zero-order chi connectivity index (χ0) is 20.4. The minimum Gasteiger partial charge on any atom is -0.341 e. The molecule has 4 rings (SSSR count). The van der Waals surface area contributed by atoms with Crippen molar-refractivity contribution in [2.24, 2.45) is 11.8 Å². The van der Waals surface area contributed by atoms with E-state index < -0.39 is 0 Å². The number of hydrogen-bond acceptors (Lipinski definition) is 4. The largest absolute Gasteiger partial charge is 0.341 e. The Labute approximate surface area is 173 Å². The lowest BCUT2D eigenvalue weighted by atomic mass is 9.93. The van der Waals surface area contributed by atoms with Crippen LogP contribution in [0.5, 0.6) is 0 Å². The number of hydrogen-bond donors (Lipinski definition) is 1. The first kappa shape index (κ1) is 20.4. The molecule has 1 unspecified atom stereocenters. The van der Waals surface area contributed by atoms with Crippen molar-refractivity contribution in [1.82, 2.24) is 24.7 Å². The molecule has 0 aromatic carbocycles. The van der Waals surface area contributed by atoms with E-state index in [0.717, 1.165) is 45.3 Å². The van der Waals surface area contributed by atoms with E-state index in [1.54, 1.807) is 4.90 Å². The van der Waals surface area contributed by atoms with Crippen LogP contribution in [0, 0.1) is 11.8 Å². The van der Waals surface area contributed by atoms with Crippen molar-refractivity contribution in [3.05, 3.63) is 18.2 Å². The number of nitrogens with zero attached hydrogens (tertiary/aromatic N) is 4. The van der Waals surface area contributed by atoms with Crippen LogP contribution in [0.3, 0.4) is 0 Å². The highest BCUT2D eigenvalue weighted by atomic mass is 16.2. The molecule has 7 nitrogen and oxygen atoms in total. The minimum absolute atomic E-state index is 0.0834. The Morgan fingerprint density at radius 3 is 2.66 bits per heavy atom. The van der Waals surface area contributed by atoms with E-state index in [9.17, 15) is 9.59 Å². The number of carbonyl (C=O) groups excluding carboxylic acids is 2. The van der Waals surface area contributed by atoms with Crippen molar-refractivity contribution in [1.29, 1.82) is 0 Å². The molecule has 2 saturated heterocycles. The number of piperazine rings is 1. The fraction of sp³-hybridized carbons (Fsp3) is 0.773. The molecule has 0 radical (unpaired) electrons. The van der Waals surface area contributed by atoms with Gasteiger partial charge in [-0.25, -0.2) is 4.98 Å². The third-order valence-electron chi connectivity index (χ3n) is 6.54. The van der Waals surface area contributed by atoms with E-state index in [1.165, 1.54) is 18.7 Å².